The van der Waals surface area contributed by atoms with E-state index in [-0.39, 0.29) is 0 Å². The van der Waals surface area contributed by atoms with Crippen LogP contribution in [0.3, 0.4) is 0 Å². The van der Waals surface area contributed by atoms with Gasteiger partial charge < -0.3 is 9.47 Å². The zero-order chi connectivity index (χ0) is 14.7. The summed E-state index contributed by atoms with van der Waals surface area (Å²) in [7, 11) is 0. The Balaban J connectivity index is 3.00. The Labute approximate surface area is 112 Å². The third-order valence-electron chi connectivity index (χ3n) is 2.16. The van der Waals surface area contributed by atoms with Crippen molar-refractivity contribution in [3.63, 3.8) is 0 Å². The van der Waals surface area contributed by atoms with Crippen LogP contribution in [-0.4, -0.2) is 52.6 Å². The molecule has 1 aliphatic rings. The summed E-state index contributed by atoms with van der Waals surface area (Å²) in [5.41, 5.74) is 0. The number of ether oxygens (including phenoxy) is 2. The molecule has 0 aromatic heterocycles. The summed E-state index contributed by atoms with van der Waals surface area (Å²) in [6.07, 6.45) is -3.19. The number of imide groups is 1. The molecule has 104 valence electrons. The second-order valence-electron chi connectivity index (χ2n) is 3.68. The van der Waals surface area contributed by atoms with Gasteiger partial charge in [-0.15, -0.1) is 0 Å². The first-order valence-electron chi connectivity index (χ1n) is 5.12. The molecule has 2 amide bonds. The summed E-state index contributed by atoms with van der Waals surface area (Å²) < 4.78 is 9.27. The highest BCUT2D eigenvalue weighted by molar-refractivity contribution is 6.64. The number of carbonyl (C=O) groups excluding carboxylic acids is 5. The van der Waals surface area contributed by atoms with Crippen molar-refractivity contribution in [3.8, 4) is 0 Å². The molecule has 1 saturated heterocycles. The van der Waals surface area contributed by atoms with Gasteiger partial charge in [-0.1, -0.05) is 0 Å². The number of rotatable bonds is 4. The molecule has 0 aromatic rings. The molecular formula is C10H10ClNO7. The van der Waals surface area contributed by atoms with Crippen LogP contribution in [0.5, 0.6) is 0 Å². The van der Waals surface area contributed by atoms with Gasteiger partial charge >= 0.3 is 11.9 Å². The van der Waals surface area contributed by atoms with Crippen molar-refractivity contribution in [2.24, 2.45) is 0 Å². The third-order valence-corrected chi connectivity index (χ3v) is 2.28. The van der Waals surface area contributed by atoms with Crippen molar-refractivity contribution in [1.29, 1.82) is 0 Å². The minimum Gasteiger partial charge on any atom is -0.448 e. The van der Waals surface area contributed by atoms with E-state index < -0.39 is 47.7 Å². The summed E-state index contributed by atoms with van der Waals surface area (Å²) in [5, 5.41) is -0.952. The maximum atomic E-state index is 11.8. The number of likely N-dealkylation sites (tertiary alicyclic amines) is 1. The van der Waals surface area contributed by atoms with Gasteiger partial charge in [0, 0.05) is 13.8 Å². The lowest BCUT2D eigenvalue weighted by atomic mass is 10.2. The van der Waals surface area contributed by atoms with E-state index in [0.29, 0.717) is 4.90 Å². The largest absolute Gasteiger partial charge is 0.448 e. The lowest BCUT2D eigenvalue weighted by Gasteiger charge is -2.14. The van der Waals surface area contributed by atoms with Gasteiger partial charge in [0.25, 0.3) is 11.8 Å². The number of amides is 2. The summed E-state index contributed by atoms with van der Waals surface area (Å²) in [6.45, 7) is 1.37. The topological polar surface area (TPSA) is 107 Å². The molecule has 9 heteroatoms. The Morgan fingerprint density at radius 2 is 1.42 bits per heavy atom. The Hall–Kier alpha value is -1.96. The van der Waals surface area contributed by atoms with Gasteiger partial charge in [-0.05, 0) is 11.6 Å². The van der Waals surface area contributed by atoms with E-state index in [1.807, 2.05) is 0 Å². The Bertz CT molecular complexity index is 427. The number of nitrogens with zero attached hydrogens (tertiary/aromatic N) is 1. The van der Waals surface area contributed by atoms with Crippen LogP contribution in [-0.2, 0) is 33.4 Å². The summed E-state index contributed by atoms with van der Waals surface area (Å²) in [5.74, 6) is -3.58. The molecule has 2 unspecified atom stereocenters. The Morgan fingerprint density at radius 3 is 1.68 bits per heavy atom. The van der Waals surface area contributed by atoms with Gasteiger partial charge in [-0.25, -0.2) is 0 Å². The fourth-order valence-corrected chi connectivity index (χ4v) is 1.66. The maximum Gasteiger partial charge on any atom is 0.303 e. The van der Waals surface area contributed by atoms with Gasteiger partial charge in [-0.2, -0.15) is 0 Å². The molecule has 0 spiro atoms. The summed E-state index contributed by atoms with van der Waals surface area (Å²) >= 11 is 5.09. The number of hydrogen-bond acceptors (Lipinski definition) is 7. The van der Waals surface area contributed by atoms with E-state index in [1.165, 1.54) is 0 Å². The molecule has 0 aromatic carbocycles. The number of esters is 2. The molecule has 0 radical (unpaired) electrons. The van der Waals surface area contributed by atoms with E-state index in [1.54, 1.807) is 0 Å². The predicted molar refractivity (Wildman–Crippen MR) is 58.7 cm³/mol. The van der Waals surface area contributed by atoms with Gasteiger partial charge in [0.1, 0.15) is 6.54 Å². The average Bonchev–Trinajstić information content (AvgIpc) is 2.44. The van der Waals surface area contributed by atoms with E-state index >= 15 is 0 Å². The first-order valence-corrected chi connectivity index (χ1v) is 5.49. The molecule has 1 rings (SSSR count). The molecule has 2 atom stereocenters. The smallest absolute Gasteiger partial charge is 0.303 e. The SMILES string of the molecule is CC(=O)OC1C(=O)N(CC(=O)Cl)C(=O)C1OC(C)=O. The molecule has 1 heterocycles. The van der Waals surface area contributed by atoms with Crippen LogP contribution in [0.1, 0.15) is 13.8 Å². The van der Waals surface area contributed by atoms with E-state index in [0.717, 1.165) is 13.8 Å². The summed E-state index contributed by atoms with van der Waals surface area (Å²) in [4.78, 5) is 56.6. The number of halogens is 1. The van der Waals surface area contributed by atoms with Gasteiger partial charge in [0.2, 0.25) is 17.5 Å². The molecule has 8 nitrogen and oxygen atoms in total. The molecule has 0 aliphatic carbocycles. The second kappa shape index (κ2) is 5.79. The fraction of sp³-hybridized carbons (Fsp3) is 0.500. The van der Waals surface area contributed by atoms with Crippen LogP contribution in [0, 0.1) is 0 Å². The van der Waals surface area contributed by atoms with E-state index in [4.69, 9.17) is 11.6 Å². The van der Waals surface area contributed by atoms with Crippen molar-refractivity contribution < 1.29 is 33.4 Å². The van der Waals surface area contributed by atoms with Gasteiger partial charge in [0.05, 0.1) is 0 Å². The minimum atomic E-state index is -1.59. The highest BCUT2D eigenvalue weighted by Gasteiger charge is 2.52. The molecule has 0 bridgehead atoms. The Kier molecular flexibility index (Phi) is 4.60. The molecule has 1 fully saturated rings. The zero-order valence-corrected chi connectivity index (χ0v) is 10.8. The predicted octanol–water partition coefficient (Wildman–Crippen LogP) is -1.02. The molecule has 0 N–H and O–H groups in total. The van der Waals surface area contributed by atoms with Gasteiger partial charge in [-0.3, -0.25) is 28.9 Å². The number of carbonyl (C=O) groups is 5. The van der Waals surface area contributed by atoms with Crippen LogP contribution in [0.15, 0.2) is 0 Å². The van der Waals surface area contributed by atoms with Crippen LogP contribution in [0.4, 0.5) is 0 Å². The molecule has 0 saturated carbocycles. The number of hydrogen-bond donors (Lipinski definition) is 0. The zero-order valence-electron chi connectivity index (χ0n) is 10.0. The average molecular weight is 292 g/mol. The van der Waals surface area contributed by atoms with Crippen molar-refractivity contribution in [3.05, 3.63) is 0 Å². The molecular weight excluding hydrogens is 282 g/mol. The van der Waals surface area contributed by atoms with Crippen LogP contribution in [0.2, 0.25) is 0 Å². The van der Waals surface area contributed by atoms with E-state index in [9.17, 15) is 24.0 Å². The van der Waals surface area contributed by atoms with Crippen LogP contribution >= 0.6 is 11.6 Å². The molecule has 1 aliphatic heterocycles. The maximum absolute atomic E-state index is 11.8. The quantitative estimate of drug-likeness (QED) is 0.371. The first-order chi connectivity index (χ1) is 8.73. The lowest BCUT2D eigenvalue weighted by Crippen LogP contribution is -2.36. The molecule has 19 heavy (non-hydrogen) atoms. The van der Waals surface area contributed by atoms with Crippen LogP contribution in [0.25, 0.3) is 0 Å². The monoisotopic (exact) mass is 291 g/mol. The summed E-state index contributed by atoms with van der Waals surface area (Å²) in [6, 6.07) is 0. The lowest BCUT2D eigenvalue weighted by molar-refractivity contribution is -0.167. The second-order valence-corrected chi connectivity index (χ2v) is 4.10. The van der Waals surface area contributed by atoms with Crippen molar-refractivity contribution in [2.75, 3.05) is 6.54 Å². The minimum absolute atomic E-state index is 0.483. The first kappa shape index (κ1) is 15.1. The highest BCUT2D eigenvalue weighted by Crippen LogP contribution is 2.20. The normalized spacial score (nSPS) is 22.4. The van der Waals surface area contributed by atoms with Gasteiger partial charge in [0.15, 0.2) is 0 Å². The standard InChI is InChI=1S/C10H10ClNO7/c1-4(13)18-7-8(19-5(2)14)10(17)12(9(7)16)3-6(11)15/h7-8H,3H2,1-2H3. The van der Waals surface area contributed by atoms with Crippen molar-refractivity contribution in [2.45, 2.75) is 26.1 Å². The third kappa shape index (κ3) is 3.50. The van der Waals surface area contributed by atoms with Crippen molar-refractivity contribution >= 4 is 40.6 Å². The Morgan fingerprint density at radius 1 is 1.05 bits per heavy atom. The fourth-order valence-electron chi connectivity index (χ4n) is 1.54. The van der Waals surface area contributed by atoms with E-state index in [2.05, 4.69) is 9.47 Å². The highest BCUT2D eigenvalue weighted by atomic mass is 35.5. The van der Waals surface area contributed by atoms with Crippen molar-refractivity contribution in [1.82, 2.24) is 4.90 Å². The van der Waals surface area contributed by atoms with Crippen LogP contribution < -0.4 is 0 Å².